The summed E-state index contributed by atoms with van der Waals surface area (Å²) in [5, 5.41) is 7.89. The number of anilines is 3. The van der Waals surface area contributed by atoms with Crippen molar-refractivity contribution in [2.75, 3.05) is 10.6 Å². The average molecular weight is 467 g/mol. The number of carbonyl (C=O) groups excluding carboxylic acids is 1. The van der Waals surface area contributed by atoms with E-state index in [9.17, 15) is 9.18 Å². The van der Waals surface area contributed by atoms with Crippen molar-refractivity contribution in [2.45, 2.75) is 64.1 Å². The molecule has 0 spiro atoms. The summed E-state index contributed by atoms with van der Waals surface area (Å²) in [4.78, 5) is 21.0. The third-order valence-electron chi connectivity index (χ3n) is 6.28. The van der Waals surface area contributed by atoms with Gasteiger partial charge >= 0.3 is 0 Å². The van der Waals surface area contributed by atoms with E-state index < -0.39 is 11.7 Å². The standard InChI is InChI=1S/C25H31FN6O2/c1-3-14(2)34-25-16-9-5-4-8-15(16)21(13-29-25)31-23-17(22(28)33)12-18(26)24(32-23)30-20-11-7-6-10-19(20)27/h4-5,8-9,12-14,19-20H,3,6-7,10-11,27H2,1-2H3,(H2,28,33)(H2,30,31,32)/t14?,19-,20+/m0/s1. The SMILES string of the molecule is CCC(C)Oc1ncc(Nc2nc(N[C@@H]3CCCC[C@@H]3N)c(F)cc2C(N)=O)c2ccccc12. The maximum absolute atomic E-state index is 14.8. The molecule has 1 aliphatic rings. The first-order chi connectivity index (χ1) is 16.4. The van der Waals surface area contributed by atoms with E-state index in [1.165, 1.54) is 0 Å². The number of nitrogens with two attached hydrogens (primary N) is 2. The Labute approximate surface area is 198 Å². The van der Waals surface area contributed by atoms with Gasteiger partial charge in [-0.25, -0.2) is 14.4 Å². The monoisotopic (exact) mass is 466 g/mol. The third-order valence-corrected chi connectivity index (χ3v) is 6.28. The summed E-state index contributed by atoms with van der Waals surface area (Å²) in [6.07, 6.45) is 6.23. The van der Waals surface area contributed by atoms with E-state index in [1.807, 2.05) is 38.1 Å². The highest BCUT2D eigenvalue weighted by atomic mass is 19.1. The van der Waals surface area contributed by atoms with Gasteiger partial charge < -0.3 is 26.8 Å². The first-order valence-corrected chi connectivity index (χ1v) is 11.7. The van der Waals surface area contributed by atoms with Gasteiger partial charge in [0.2, 0.25) is 5.88 Å². The van der Waals surface area contributed by atoms with Crippen LogP contribution in [0, 0.1) is 5.82 Å². The summed E-state index contributed by atoms with van der Waals surface area (Å²) in [6, 6.07) is 8.54. The Kier molecular flexibility index (Phi) is 7.12. The van der Waals surface area contributed by atoms with E-state index in [4.69, 9.17) is 16.2 Å². The molecule has 2 heterocycles. The lowest BCUT2D eigenvalue weighted by Gasteiger charge is -2.30. The van der Waals surface area contributed by atoms with E-state index in [1.54, 1.807) is 6.20 Å². The molecule has 0 saturated heterocycles. The van der Waals surface area contributed by atoms with Crippen LogP contribution in [-0.4, -0.2) is 34.1 Å². The quantitative estimate of drug-likeness (QED) is 0.385. The molecule has 1 fully saturated rings. The summed E-state index contributed by atoms with van der Waals surface area (Å²) in [7, 11) is 0. The number of nitrogens with zero attached hydrogens (tertiary/aromatic N) is 2. The van der Waals surface area contributed by atoms with Gasteiger partial charge in [0.1, 0.15) is 5.82 Å². The van der Waals surface area contributed by atoms with E-state index in [-0.39, 0.29) is 35.4 Å². The van der Waals surface area contributed by atoms with Gasteiger partial charge in [-0.1, -0.05) is 38.0 Å². The number of aromatic nitrogens is 2. The fraction of sp³-hybridized carbons (Fsp3) is 0.400. The van der Waals surface area contributed by atoms with Crippen molar-refractivity contribution in [3.63, 3.8) is 0 Å². The minimum absolute atomic E-state index is 0.00901. The molecule has 1 saturated carbocycles. The molecule has 8 nitrogen and oxygen atoms in total. The molecular formula is C25H31FN6O2. The van der Waals surface area contributed by atoms with Gasteiger partial charge in [0.05, 0.1) is 23.6 Å². The predicted molar refractivity (Wildman–Crippen MR) is 132 cm³/mol. The van der Waals surface area contributed by atoms with Crippen molar-refractivity contribution in [3.8, 4) is 5.88 Å². The van der Waals surface area contributed by atoms with Gasteiger partial charge in [-0.3, -0.25) is 4.79 Å². The lowest BCUT2D eigenvalue weighted by atomic mass is 9.91. The normalized spacial score (nSPS) is 18.9. The molecule has 1 aromatic carbocycles. The summed E-state index contributed by atoms with van der Waals surface area (Å²) < 4.78 is 20.8. The number of fused-ring (bicyclic) bond motifs is 1. The minimum atomic E-state index is -0.788. The second-order valence-corrected chi connectivity index (χ2v) is 8.76. The van der Waals surface area contributed by atoms with Gasteiger partial charge in [0.15, 0.2) is 11.6 Å². The number of pyridine rings is 2. The fourth-order valence-corrected chi connectivity index (χ4v) is 4.15. The highest BCUT2D eigenvalue weighted by molar-refractivity contribution is 6.02. The first kappa shape index (κ1) is 23.7. The molecule has 0 aliphatic heterocycles. The van der Waals surface area contributed by atoms with Crippen LogP contribution >= 0.6 is 0 Å². The van der Waals surface area contributed by atoms with Crippen molar-refractivity contribution in [1.82, 2.24) is 9.97 Å². The van der Waals surface area contributed by atoms with E-state index >= 15 is 0 Å². The van der Waals surface area contributed by atoms with Crippen LogP contribution in [0.15, 0.2) is 36.5 Å². The number of hydrogen-bond acceptors (Lipinski definition) is 7. The van der Waals surface area contributed by atoms with Crippen molar-refractivity contribution in [2.24, 2.45) is 11.5 Å². The summed E-state index contributed by atoms with van der Waals surface area (Å²) in [5.74, 6) is -0.750. The molecule has 4 rings (SSSR count). The summed E-state index contributed by atoms with van der Waals surface area (Å²) >= 11 is 0. The van der Waals surface area contributed by atoms with Gasteiger partial charge in [0, 0.05) is 22.9 Å². The molecule has 1 aliphatic carbocycles. The Balaban J connectivity index is 1.71. The lowest BCUT2D eigenvalue weighted by molar-refractivity contribution is 0.100. The van der Waals surface area contributed by atoms with Crippen LogP contribution in [0.5, 0.6) is 5.88 Å². The number of ether oxygens (including phenoxy) is 1. The molecule has 34 heavy (non-hydrogen) atoms. The highest BCUT2D eigenvalue weighted by Crippen LogP contribution is 2.33. The summed E-state index contributed by atoms with van der Waals surface area (Å²) in [6.45, 7) is 4.02. The van der Waals surface area contributed by atoms with Crippen LogP contribution in [0.4, 0.5) is 21.7 Å². The zero-order chi connectivity index (χ0) is 24.2. The van der Waals surface area contributed by atoms with Gasteiger partial charge in [-0.15, -0.1) is 0 Å². The zero-order valence-electron chi connectivity index (χ0n) is 19.5. The Morgan fingerprint density at radius 2 is 1.97 bits per heavy atom. The molecular weight excluding hydrogens is 435 g/mol. The second-order valence-electron chi connectivity index (χ2n) is 8.76. The molecule has 3 aromatic rings. The Bertz CT molecular complexity index is 1190. The maximum Gasteiger partial charge on any atom is 0.252 e. The molecule has 180 valence electrons. The lowest BCUT2D eigenvalue weighted by Crippen LogP contribution is -2.43. The van der Waals surface area contributed by atoms with Crippen LogP contribution < -0.4 is 26.8 Å². The predicted octanol–water partition coefficient (Wildman–Crippen LogP) is 4.47. The van der Waals surface area contributed by atoms with Crippen LogP contribution in [0.25, 0.3) is 10.8 Å². The van der Waals surface area contributed by atoms with E-state index in [0.717, 1.165) is 48.9 Å². The number of benzene rings is 1. The Hall–Kier alpha value is -3.46. The second kappa shape index (κ2) is 10.2. The van der Waals surface area contributed by atoms with Crippen LogP contribution in [-0.2, 0) is 0 Å². The number of primary amides is 1. The zero-order valence-corrected chi connectivity index (χ0v) is 19.5. The number of nitrogens with one attached hydrogen (secondary N) is 2. The number of rotatable bonds is 8. The van der Waals surface area contributed by atoms with Crippen LogP contribution in [0.1, 0.15) is 56.3 Å². The number of carbonyl (C=O) groups is 1. The number of hydrogen-bond donors (Lipinski definition) is 4. The van der Waals surface area contributed by atoms with Crippen molar-refractivity contribution >= 4 is 34.0 Å². The van der Waals surface area contributed by atoms with Gasteiger partial charge in [0.25, 0.3) is 5.91 Å². The molecule has 2 aromatic heterocycles. The Morgan fingerprint density at radius 1 is 1.24 bits per heavy atom. The number of amides is 1. The molecule has 3 atom stereocenters. The topological polar surface area (TPSA) is 128 Å². The molecule has 6 N–H and O–H groups in total. The average Bonchev–Trinajstić information content (AvgIpc) is 2.83. The maximum atomic E-state index is 14.8. The molecule has 1 unspecified atom stereocenters. The largest absolute Gasteiger partial charge is 0.474 e. The molecule has 0 radical (unpaired) electrons. The third kappa shape index (κ3) is 5.04. The van der Waals surface area contributed by atoms with Gasteiger partial charge in [-0.2, -0.15) is 0 Å². The van der Waals surface area contributed by atoms with Gasteiger partial charge in [-0.05, 0) is 38.3 Å². The minimum Gasteiger partial charge on any atom is -0.474 e. The van der Waals surface area contributed by atoms with Crippen molar-refractivity contribution < 1.29 is 13.9 Å². The van der Waals surface area contributed by atoms with Crippen molar-refractivity contribution in [3.05, 3.63) is 47.9 Å². The first-order valence-electron chi connectivity index (χ1n) is 11.7. The Morgan fingerprint density at radius 3 is 2.68 bits per heavy atom. The van der Waals surface area contributed by atoms with E-state index in [2.05, 4.69) is 20.6 Å². The summed E-state index contributed by atoms with van der Waals surface area (Å²) in [5.41, 5.74) is 12.3. The van der Waals surface area contributed by atoms with Crippen LogP contribution in [0.2, 0.25) is 0 Å². The molecule has 9 heteroatoms. The molecule has 1 amide bonds. The van der Waals surface area contributed by atoms with E-state index in [0.29, 0.717) is 11.6 Å². The fourth-order valence-electron chi connectivity index (χ4n) is 4.15. The smallest absolute Gasteiger partial charge is 0.252 e. The molecule has 0 bridgehead atoms. The number of halogens is 1. The highest BCUT2D eigenvalue weighted by Gasteiger charge is 2.25. The van der Waals surface area contributed by atoms with Crippen LogP contribution in [0.3, 0.4) is 0 Å². The van der Waals surface area contributed by atoms with Crippen molar-refractivity contribution in [1.29, 1.82) is 0 Å².